The average Bonchev–Trinajstić information content (AvgIpc) is 2.30. The van der Waals surface area contributed by atoms with Crippen LogP contribution in [0.25, 0.3) is 11.1 Å². The van der Waals surface area contributed by atoms with E-state index in [4.69, 9.17) is 5.73 Å². The molecule has 1 atom stereocenters. The van der Waals surface area contributed by atoms with Gasteiger partial charge in [-0.2, -0.15) is 0 Å². The van der Waals surface area contributed by atoms with E-state index in [1.165, 1.54) is 5.56 Å². The summed E-state index contributed by atoms with van der Waals surface area (Å²) < 4.78 is 0. The number of pyridine rings is 1. The van der Waals surface area contributed by atoms with Crippen LogP contribution in [-0.4, -0.2) is 4.98 Å². The molecule has 76 valence electrons. The summed E-state index contributed by atoms with van der Waals surface area (Å²) in [7, 11) is 0. The first-order chi connectivity index (χ1) is 7.27. The van der Waals surface area contributed by atoms with Crippen LogP contribution in [0.4, 0.5) is 0 Å². The molecule has 2 heteroatoms. The third kappa shape index (κ3) is 2.22. The maximum absolute atomic E-state index is 5.79. The van der Waals surface area contributed by atoms with Crippen molar-refractivity contribution in [3.8, 4) is 11.1 Å². The van der Waals surface area contributed by atoms with Crippen molar-refractivity contribution in [2.45, 2.75) is 13.0 Å². The summed E-state index contributed by atoms with van der Waals surface area (Å²) in [5, 5.41) is 0. The van der Waals surface area contributed by atoms with Gasteiger partial charge in [-0.3, -0.25) is 4.98 Å². The highest BCUT2D eigenvalue weighted by atomic mass is 14.6. The van der Waals surface area contributed by atoms with Gasteiger partial charge < -0.3 is 5.73 Å². The lowest BCUT2D eigenvalue weighted by Crippen LogP contribution is -2.04. The van der Waals surface area contributed by atoms with Crippen LogP contribution in [0.2, 0.25) is 0 Å². The first-order valence-corrected chi connectivity index (χ1v) is 5.03. The maximum Gasteiger partial charge on any atom is 0.0346 e. The molecule has 1 heterocycles. The summed E-state index contributed by atoms with van der Waals surface area (Å²) in [5.41, 5.74) is 9.25. The molecule has 0 amide bonds. The Hall–Kier alpha value is -1.67. The van der Waals surface area contributed by atoms with E-state index >= 15 is 0 Å². The van der Waals surface area contributed by atoms with E-state index in [1.807, 2.05) is 25.3 Å². The summed E-state index contributed by atoms with van der Waals surface area (Å²) >= 11 is 0. The summed E-state index contributed by atoms with van der Waals surface area (Å²) in [6.45, 7) is 1.99. The summed E-state index contributed by atoms with van der Waals surface area (Å²) in [6, 6.07) is 12.4. The molecule has 0 aliphatic rings. The van der Waals surface area contributed by atoms with Gasteiger partial charge in [-0.15, -0.1) is 0 Å². The summed E-state index contributed by atoms with van der Waals surface area (Å²) in [4.78, 5) is 4.09. The Morgan fingerprint density at radius 3 is 2.33 bits per heavy atom. The molecule has 0 saturated heterocycles. The van der Waals surface area contributed by atoms with Crippen LogP contribution < -0.4 is 5.73 Å². The molecular weight excluding hydrogens is 184 g/mol. The van der Waals surface area contributed by atoms with Crippen molar-refractivity contribution in [1.29, 1.82) is 0 Å². The zero-order chi connectivity index (χ0) is 10.7. The minimum Gasteiger partial charge on any atom is -0.324 e. The predicted octanol–water partition coefficient (Wildman–Crippen LogP) is 2.77. The van der Waals surface area contributed by atoms with E-state index in [2.05, 4.69) is 29.2 Å². The van der Waals surface area contributed by atoms with Crippen molar-refractivity contribution in [2.24, 2.45) is 5.73 Å². The zero-order valence-corrected chi connectivity index (χ0v) is 8.72. The average molecular weight is 198 g/mol. The molecule has 0 bridgehead atoms. The van der Waals surface area contributed by atoms with Gasteiger partial charge in [0.25, 0.3) is 0 Å². The lowest BCUT2D eigenvalue weighted by molar-refractivity contribution is 0.818. The second-order valence-electron chi connectivity index (χ2n) is 3.65. The lowest BCUT2D eigenvalue weighted by Gasteiger charge is -2.06. The third-order valence-corrected chi connectivity index (χ3v) is 2.43. The maximum atomic E-state index is 5.79. The highest BCUT2D eigenvalue weighted by molar-refractivity contribution is 5.62. The lowest BCUT2D eigenvalue weighted by atomic mass is 10.0. The van der Waals surface area contributed by atoms with E-state index in [1.54, 1.807) is 6.20 Å². The molecule has 0 radical (unpaired) electrons. The molecular formula is C13H14N2. The van der Waals surface area contributed by atoms with Gasteiger partial charge in [0.2, 0.25) is 0 Å². The van der Waals surface area contributed by atoms with Crippen molar-refractivity contribution < 1.29 is 0 Å². The van der Waals surface area contributed by atoms with Gasteiger partial charge in [-0.1, -0.05) is 30.3 Å². The minimum absolute atomic E-state index is 0.0907. The first-order valence-electron chi connectivity index (χ1n) is 5.03. The number of benzene rings is 1. The molecule has 0 saturated carbocycles. The fourth-order valence-electron chi connectivity index (χ4n) is 1.51. The Balaban J connectivity index is 2.32. The Morgan fingerprint density at radius 2 is 1.80 bits per heavy atom. The SMILES string of the molecule is C[C@@H](N)c1ccc(-c2cccnc2)cc1. The molecule has 2 N–H and O–H groups in total. The number of hydrogen-bond donors (Lipinski definition) is 1. The predicted molar refractivity (Wildman–Crippen MR) is 62.3 cm³/mol. The minimum atomic E-state index is 0.0907. The van der Waals surface area contributed by atoms with E-state index in [-0.39, 0.29) is 6.04 Å². The van der Waals surface area contributed by atoms with Crippen LogP contribution in [0.1, 0.15) is 18.5 Å². The van der Waals surface area contributed by atoms with E-state index < -0.39 is 0 Å². The van der Waals surface area contributed by atoms with Gasteiger partial charge in [-0.25, -0.2) is 0 Å². The Morgan fingerprint density at radius 1 is 1.07 bits per heavy atom. The van der Waals surface area contributed by atoms with Crippen molar-refractivity contribution >= 4 is 0 Å². The summed E-state index contributed by atoms with van der Waals surface area (Å²) in [6.07, 6.45) is 3.64. The van der Waals surface area contributed by atoms with Gasteiger partial charge >= 0.3 is 0 Å². The molecule has 0 aliphatic carbocycles. The third-order valence-electron chi connectivity index (χ3n) is 2.43. The largest absolute Gasteiger partial charge is 0.324 e. The molecule has 2 aromatic rings. The van der Waals surface area contributed by atoms with E-state index in [0.29, 0.717) is 0 Å². The van der Waals surface area contributed by atoms with E-state index in [0.717, 1.165) is 11.1 Å². The van der Waals surface area contributed by atoms with Crippen molar-refractivity contribution in [3.63, 3.8) is 0 Å². The number of rotatable bonds is 2. The van der Waals surface area contributed by atoms with Crippen LogP contribution >= 0.6 is 0 Å². The van der Waals surface area contributed by atoms with E-state index in [9.17, 15) is 0 Å². The van der Waals surface area contributed by atoms with Crippen LogP contribution in [0, 0.1) is 0 Å². The van der Waals surface area contributed by atoms with Crippen molar-refractivity contribution in [1.82, 2.24) is 4.98 Å². The van der Waals surface area contributed by atoms with Crippen LogP contribution in [0.5, 0.6) is 0 Å². The highest BCUT2D eigenvalue weighted by Gasteiger charge is 2.00. The van der Waals surface area contributed by atoms with Crippen molar-refractivity contribution in [3.05, 3.63) is 54.4 Å². The fraction of sp³-hybridized carbons (Fsp3) is 0.154. The first kappa shape index (κ1) is 9.87. The number of hydrogen-bond acceptors (Lipinski definition) is 2. The van der Waals surface area contributed by atoms with Crippen LogP contribution in [0.15, 0.2) is 48.8 Å². The summed E-state index contributed by atoms with van der Waals surface area (Å²) in [5.74, 6) is 0. The van der Waals surface area contributed by atoms with Crippen molar-refractivity contribution in [2.75, 3.05) is 0 Å². The number of nitrogens with zero attached hydrogens (tertiary/aromatic N) is 1. The quantitative estimate of drug-likeness (QED) is 0.805. The van der Waals surface area contributed by atoms with Gasteiger partial charge in [0, 0.05) is 18.4 Å². The topological polar surface area (TPSA) is 38.9 Å². The van der Waals surface area contributed by atoms with Gasteiger partial charge in [-0.05, 0) is 29.7 Å². The second kappa shape index (κ2) is 4.24. The monoisotopic (exact) mass is 198 g/mol. The molecule has 1 aromatic carbocycles. The second-order valence-corrected chi connectivity index (χ2v) is 3.65. The van der Waals surface area contributed by atoms with Gasteiger partial charge in [0.1, 0.15) is 0 Å². The molecule has 0 spiro atoms. The molecule has 0 fully saturated rings. The zero-order valence-electron chi connectivity index (χ0n) is 8.72. The van der Waals surface area contributed by atoms with Crippen LogP contribution in [0.3, 0.4) is 0 Å². The molecule has 1 aromatic heterocycles. The standard InChI is InChI=1S/C13H14N2/c1-10(14)11-4-6-12(7-5-11)13-3-2-8-15-9-13/h2-10H,14H2,1H3/t10-/m1/s1. The molecule has 2 nitrogen and oxygen atoms in total. The molecule has 0 aliphatic heterocycles. The molecule has 15 heavy (non-hydrogen) atoms. The number of nitrogens with two attached hydrogens (primary N) is 1. The Bertz CT molecular complexity index is 418. The van der Waals surface area contributed by atoms with Crippen LogP contribution in [-0.2, 0) is 0 Å². The molecule has 0 unspecified atom stereocenters. The normalized spacial score (nSPS) is 12.4. The fourth-order valence-corrected chi connectivity index (χ4v) is 1.51. The highest BCUT2D eigenvalue weighted by Crippen LogP contribution is 2.20. The Labute approximate surface area is 89.8 Å². The smallest absolute Gasteiger partial charge is 0.0346 e. The Kier molecular flexibility index (Phi) is 2.79. The molecule has 2 rings (SSSR count). The van der Waals surface area contributed by atoms with Gasteiger partial charge in [0.15, 0.2) is 0 Å². The van der Waals surface area contributed by atoms with Gasteiger partial charge in [0.05, 0.1) is 0 Å². The number of aromatic nitrogens is 1.